The number of methoxy groups -OCH3 is 1. The van der Waals surface area contributed by atoms with Gasteiger partial charge in [-0.25, -0.2) is 9.07 Å². The summed E-state index contributed by atoms with van der Waals surface area (Å²) < 4.78 is 19.8. The van der Waals surface area contributed by atoms with Crippen LogP contribution < -0.4 is 15.8 Å². The predicted octanol–water partition coefficient (Wildman–Crippen LogP) is 1.89. The first-order valence-corrected chi connectivity index (χ1v) is 4.99. The number of nitrogens with zero attached hydrogens (tertiary/aromatic N) is 2. The van der Waals surface area contributed by atoms with Crippen molar-refractivity contribution in [3.8, 4) is 5.88 Å². The first-order chi connectivity index (χ1) is 8.08. The van der Waals surface area contributed by atoms with Gasteiger partial charge in [-0.2, -0.15) is 5.10 Å². The van der Waals surface area contributed by atoms with E-state index in [-0.39, 0.29) is 0 Å². The van der Waals surface area contributed by atoms with Crippen LogP contribution in [-0.4, -0.2) is 16.9 Å². The highest BCUT2D eigenvalue weighted by Gasteiger charge is 2.06. The third-order valence-electron chi connectivity index (χ3n) is 2.24. The summed E-state index contributed by atoms with van der Waals surface area (Å²) in [6.45, 7) is 0. The number of halogens is 1. The van der Waals surface area contributed by atoms with Gasteiger partial charge in [0, 0.05) is 24.5 Å². The standard InChI is InChI=1S/C11H13FN4O/c1-16-11(17-2)6-10(15-16)14-9-4-7(12)3-8(13)5-9/h3-6H,13H2,1-2H3,(H,14,15). The van der Waals surface area contributed by atoms with Crippen molar-refractivity contribution in [2.24, 2.45) is 7.05 Å². The smallest absolute Gasteiger partial charge is 0.213 e. The Kier molecular flexibility index (Phi) is 2.86. The fraction of sp³-hybridized carbons (Fsp3) is 0.182. The van der Waals surface area contributed by atoms with Crippen LogP contribution in [0.4, 0.5) is 21.6 Å². The van der Waals surface area contributed by atoms with E-state index in [0.717, 1.165) is 0 Å². The second kappa shape index (κ2) is 4.32. The van der Waals surface area contributed by atoms with Gasteiger partial charge in [-0.05, 0) is 18.2 Å². The molecule has 0 saturated carbocycles. The summed E-state index contributed by atoms with van der Waals surface area (Å²) >= 11 is 0. The summed E-state index contributed by atoms with van der Waals surface area (Å²) in [5, 5.41) is 7.10. The van der Waals surface area contributed by atoms with E-state index in [1.54, 1.807) is 31.0 Å². The predicted molar refractivity (Wildman–Crippen MR) is 63.9 cm³/mol. The maximum atomic E-state index is 13.1. The minimum absolute atomic E-state index is 0.357. The molecule has 0 unspecified atom stereocenters. The molecule has 1 aromatic heterocycles. The Morgan fingerprint density at radius 1 is 1.35 bits per heavy atom. The second-order valence-electron chi connectivity index (χ2n) is 3.59. The lowest BCUT2D eigenvalue weighted by Crippen LogP contribution is -1.97. The number of nitrogens with two attached hydrogens (primary N) is 1. The lowest BCUT2D eigenvalue weighted by molar-refractivity contribution is 0.373. The normalized spacial score (nSPS) is 10.3. The minimum atomic E-state index is -0.393. The number of rotatable bonds is 3. The van der Waals surface area contributed by atoms with Gasteiger partial charge in [0.2, 0.25) is 5.88 Å². The molecule has 0 spiro atoms. The quantitative estimate of drug-likeness (QED) is 0.799. The van der Waals surface area contributed by atoms with Crippen molar-refractivity contribution in [2.45, 2.75) is 0 Å². The molecule has 90 valence electrons. The molecular formula is C11H13FN4O. The zero-order chi connectivity index (χ0) is 12.4. The number of ether oxygens (including phenoxy) is 1. The molecule has 5 nitrogen and oxygen atoms in total. The number of nitrogen functional groups attached to an aromatic ring is 1. The molecule has 0 aliphatic rings. The highest BCUT2D eigenvalue weighted by Crippen LogP contribution is 2.22. The molecule has 17 heavy (non-hydrogen) atoms. The van der Waals surface area contributed by atoms with Crippen LogP contribution in [0, 0.1) is 5.82 Å². The number of benzene rings is 1. The minimum Gasteiger partial charge on any atom is -0.481 e. The van der Waals surface area contributed by atoms with Gasteiger partial charge in [0.05, 0.1) is 7.11 Å². The number of aromatic nitrogens is 2. The molecule has 0 amide bonds. The molecule has 2 aromatic rings. The highest BCUT2D eigenvalue weighted by atomic mass is 19.1. The van der Waals surface area contributed by atoms with E-state index in [1.165, 1.54) is 12.1 Å². The second-order valence-corrected chi connectivity index (χ2v) is 3.59. The van der Waals surface area contributed by atoms with Crippen molar-refractivity contribution in [3.63, 3.8) is 0 Å². The van der Waals surface area contributed by atoms with E-state index in [2.05, 4.69) is 10.4 Å². The molecule has 0 bridgehead atoms. The molecule has 3 N–H and O–H groups in total. The van der Waals surface area contributed by atoms with Crippen LogP contribution in [0.3, 0.4) is 0 Å². The summed E-state index contributed by atoms with van der Waals surface area (Å²) in [7, 11) is 3.31. The van der Waals surface area contributed by atoms with Crippen molar-refractivity contribution < 1.29 is 9.13 Å². The average Bonchev–Trinajstić information content (AvgIpc) is 2.57. The molecule has 0 atom stereocenters. The molecule has 1 aromatic carbocycles. The largest absolute Gasteiger partial charge is 0.481 e. The Morgan fingerprint density at radius 2 is 2.12 bits per heavy atom. The Hall–Kier alpha value is -2.24. The van der Waals surface area contributed by atoms with Gasteiger partial charge in [-0.1, -0.05) is 0 Å². The number of nitrogens with one attached hydrogen (secondary N) is 1. The Balaban J connectivity index is 2.24. The zero-order valence-electron chi connectivity index (χ0n) is 9.57. The average molecular weight is 236 g/mol. The van der Waals surface area contributed by atoms with Crippen molar-refractivity contribution in [3.05, 3.63) is 30.1 Å². The van der Waals surface area contributed by atoms with E-state index in [1.807, 2.05) is 0 Å². The molecular weight excluding hydrogens is 223 g/mol. The van der Waals surface area contributed by atoms with E-state index >= 15 is 0 Å². The van der Waals surface area contributed by atoms with Crippen molar-refractivity contribution >= 4 is 17.2 Å². The lowest BCUT2D eigenvalue weighted by atomic mass is 10.2. The van der Waals surface area contributed by atoms with Gasteiger partial charge in [-0.15, -0.1) is 0 Å². The van der Waals surface area contributed by atoms with Crippen LogP contribution >= 0.6 is 0 Å². The third-order valence-corrected chi connectivity index (χ3v) is 2.24. The first-order valence-electron chi connectivity index (χ1n) is 4.99. The maximum absolute atomic E-state index is 13.1. The molecule has 2 rings (SSSR count). The Labute approximate surface area is 98.0 Å². The van der Waals surface area contributed by atoms with E-state index in [9.17, 15) is 4.39 Å². The molecule has 0 radical (unpaired) electrons. The van der Waals surface area contributed by atoms with Gasteiger partial charge in [-0.3, -0.25) is 0 Å². The highest BCUT2D eigenvalue weighted by molar-refractivity contribution is 5.62. The summed E-state index contributed by atoms with van der Waals surface area (Å²) in [6, 6.07) is 5.94. The van der Waals surface area contributed by atoms with Gasteiger partial charge in [0.25, 0.3) is 0 Å². The topological polar surface area (TPSA) is 65.1 Å². The lowest BCUT2D eigenvalue weighted by Gasteiger charge is -2.03. The fourth-order valence-corrected chi connectivity index (χ4v) is 1.53. The molecule has 0 fully saturated rings. The van der Waals surface area contributed by atoms with Gasteiger partial charge in [0.15, 0.2) is 5.82 Å². The van der Waals surface area contributed by atoms with Crippen molar-refractivity contribution in [1.82, 2.24) is 9.78 Å². The van der Waals surface area contributed by atoms with E-state index in [4.69, 9.17) is 10.5 Å². The van der Waals surface area contributed by atoms with Crippen LogP contribution in [0.15, 0.2) is 24.3 Å². The number of hydrogen-bond acceptors (Lipinski definition) is 4. The summed E-state index contributed by atoms with van der Waals surface area (Å²) in [4.78, 5) is 0. The van der Waals surface area contributed by atoms with Crippen molar-refractivity contribution in [2.75, 3.05) is 18.2 Å². The molecule has 6 heteroatoms. The number of aryl methyl sites for hydroxylation is 1. The molecule has 0 aliphatic heterocycles. The molecule has 0 aliphatic carbocycles. The van der Waals surface area contributed by atoms with Crippen LogP contribution in [0.25, 0.3) is 0 Å². The molecule has 1 heterocycles. The summed E-state index contributed by atoms with van der Waals surface area (Å²) in [6.07, 6.45) is 0. The van der Waals surface area contributed by atoms with Crippen molar-refractivity contribution in [1.29, 1.82) is 0 Å². The monoisotopic (exact) mass is 236 g/mol. The summed E-state index contributed by atoms with van der Waals surface area (Å²) in [5.74, 6) is 0.779. The van der Waals surface area contributed by atoms with Gasteiger partial charge < -0.3 is 15.8 Å². The summed E-state index contributed by atoms with van der Waals surface area (Å²) in [5.41, 5.74) is 6.45. The first kappa shape index (κ1) is 11.3. The third kappa shape index (κ3) is 2.47. The maximum Gasteiger partial charge on any atom is 0.213 e. The zero-order valence-corrected chi connectivity index (χ0v) is 9.57. The Morgan fingerprint density at radius 3 is 2.71 bits per heavy atom. The van der Waals surface area contributed by atoms with Gasteiger partial charge >= 0.3 is 0 Å². The number of anilines is 3. The number of hydrogen-bond donors (Lipinski definition) is 2. The van der Waals surface area contributed by atoms with Gasteiger partial charge in [0.1, 0.15) is 5.82 Å². The molecule has 0 saturated heterocycles. The Bertz CT molecular complexity index is 518. The van der Waals surface area contributed by atoms with Crippen LogP contribution in [0.5, 0.6) is 5.88 Å². The van der Waals surface area contributed by atoms with Crippen LogP contribution in [0.1, 0.15) is 0 Å². The van der Waals surface area contributed by atoms with E-state index in [0.29, 0.717) is 23.1 Å². The fourth-order valence-electron chi connectivity index (χ4n) is 1.53. The van der Waals surface area contributed by atoms with Crippen LogP contribution in [0.2, 0.25) is 0 Å². The van der Waals surface area contributed by atoms with E-state index < -0.39 is 5.82 Å². The SMILES string of the molecule is COc1cc(Nc2cc(N)cc(F)c2)nn1C. The van der Waals surface area contributed by atoms with Crippen LogP contribution in [-0.2, 0) is 7.05 Å².